The van der Waals surface area contributed by atoms with Gasteiger partial charge in [0.25, 0.3) is 15.9 Å². The van der Waals surface area contributed by atoms with Crippen molar-refractivity contribution in [2.45, 2.75) is 36.7 Å². The summed E-state index contributed by atoms with van der Waals surface area (Å²) < 4.78 is 40.0. The van der Waals surface area contributed by atoms with E-state index in [1.807, 2.05) is 0 Å². The molecular formula is C19H23ClFN3O3S. The van der Waals surface area contributed by atoms with Crippen molar-refractivity contribution in [3.63, 3.8) is 0 Å². The van der Waals surface area contributed by atoms with Crippen LogP contribution in [0, 0.1) is 5.82 Å². The normalized spacial score (nSPS) is 19.4. The molecule has 0 aromatic heterocycles. The van der Waals surface area contributed by atoms with Crippen molar-refractivity contribution < 1.29 is 17.6 Å². The first-order valence-electron chi connectivity index (χ1n) is 8.76. The average Bonchev–Trinajstić information content (AvgIpc) is 2.62. The molecule has 152 valence electrons. The summed E-state index contributed by atoms with van der Waals surface area (Å²) in [6.07, 6.45) is 1.76. The summed E-state index contributed by atoms with van der Waals surface area (Å²) in [5.74, 6) is -0.686. The number of nitrogens with one attached hydrogen (secondary N) is 3. The van der Waals surface area contributed by atoms with E-state index in [2.05, 4.69) is 22.3 Å². The molecule has 0 spiro atoms. The maximum absolute atomic E-state index is 13.0. The predicted octanol–water partition coefficient (Wildman–Crippen LogP) is 2.92. The third-order valence-electron chi connectivity index (χ3n) is 4.48. The van der Waals surface area contributed by atoms with Gasteiger partial charge in [-0.1, -0.05) is 0 Å². The lowest BCUT2D eigenvalue weighted by molar-refractivity contribution is 0.0925. The number of carbonyl (C=O) groups excluding carboxylic acids is 1. The van der Waals surface area contributed by atoms with Crippen molar-refractivity contribution >= 4 is 34.0 Å². The Hall–Kier alpha value is -2.16. The largest absolute Gasteiger partial charge is 0.349 e. The summed E-state index contributed by atoms with van der Waals surface area (Å²) in [4.78, 5) is 12.3. The first kappa shape index (κ1) is 22.1. The van der Waals surface area contributed by atoms with Gasteiger partial charge in [0.1, 0.15) is 5.82 Å². The minimum atomic E-state index is -3.82. The van der Waals surface area contributed by atoms with E-state index in [-0.39, 0.29) is 29.3 Å². The van der Waals surface area contributed by atoms with Gasteiger partial charge in [0, 0.05) is 23.3 Å². The second-order valence-electron chi connectivity index (χ2n) is 6.69. The minimum absolute atomic E-state index is 0. The lowest BCUT2D eigenvalue weighted by atomic mass is 10.0. The van der Waals surface area contributed by atoms with E-state index >= 15 is 0 Å². The summed E-state index contributed by atoms with van der Waals surface area (Å²) in [6.45, 7) is 2.95. The molecule has 0 saturated carbocycles. The number of carbonyl (C=O) groups is 1. The third kappa shape index (κ3) is 5.67. The zero-order chi connectivity index (χ0) is 19.4. The second kappa shape index (κ2) is 9.36. The fraction of sp³-hybridized carbons (Fsp3) is 0.316. The number of halogens is 2. The molecular weight excluding hydrogens is 405 g/mol. The zero-order valence-corrected chi connectivity index (χ0v) is 16.9. The van der Waals surface area contributed by atoms with Gasteiger partial charge in [-0.3, -0.25) is 9.52 Å². The van der Waals surface area contributed by atoms with E-state index in [1.54, 1.807) is 12.1 Å². The van der Waals surface area contributed by atoms with Crippen molar-refractivity contribution in [3.05, 3.63) is 59.9 Å². The van der Waals surface area contributed by atoms with E-state index in [1.165, 1.54) is 24.3 Å². The molecule has 1 saturated heterocycles. The number of piperidine rings is 1. The molecule has 6 nitrogen and oxygen atoms in total. The van der Waals surface area contributed by atoms with Crippen LogP contribution in [0.4, 0.5) is 10.1 Å². The molecule has 3 rings (SSSR count). The Morgan fingerprint density at radius 1 is 1.11 bits per heavy atom. The number of hydrogen-bond donors (Lipinski definition) is 3. The van der Waals surface area contributed by atoms with Crippen LogP contribution in [0.15, 0.2) is 53.4 Å². The molecule has 28 heavy (non-hydrogen) atoms. The SMILES string of the molecule is CC1CC(NC(=O)c2ccc(NS(=O)(=O)c3ccc(F)cc3)cc2)CCN1.Cl. The van der Waals surface area contributed by atoms with Gasteiger partial charge in [0.15, 0.2) is 0 Å². The molecule has 1 aliphatic heterocycles. The summed E-state index contributed by atoms with van der Waals surface area (Å²) in [5, 5.41) is 6.34. The number of rotatable bonds is 5. The highest BCUT2D eigenvalue weighted by molar-refractivity contribution is 7.92. The highest BCUT2D eigenvalue weighted by atomic mass is 35.5. The van der Waals surface area contributed by atoms with Crippen molar-refractivity contribution in [1.82, 2.24) is 10.6 Å². The van der Waals surface area contributed by atoms with Gasteiger partial charge >= 0.3 is 0 Å². The molecule has 0 radical (unpaired) electrons. The molecule has 0 bridgehead atoms. The average molecular weight is 428 g/mol. The number of anilines is 1. The predicted molar refractivity (Wildman–Crippen MR) is 109 cm³/mol. The number of amides is 1. The van der Waals surface area contributed by atoms with Crippen LogP contribution in [0.25, 0.3) is 0 Å². The Morgan fingerprint density at radius 3 is 2.36 bits per heavy atom. The number of hydrogen-bond acceptors (Lipinski definition) is 4. The molecule has 1 aliphatic rings. The molecule has 2 aromatic carbocycles. The zero-order valence-electron chi connectivity index (χ0n) is 15.3. The van der Waals surface area contributed by atoms with Gasteiger partial charge in [0.2, 0.25) is 0 Å². The van der Waals surface area contributed by atoms with Gasteiger partial charge in [-0.2, -0.15) is 0 Å². The second-order valence-corrected chi connectivity index (χ2v) is 8.37. The maximum atomic E-state index is 13.0. The molecule has 2 atom stereocenters. The van der Waals surface area contributed by atoms with Gasteiger partial charge in [-0.05, 0) is 74.8 Å². The summed E-state index contributed by atoms with van der Waals surface area (Å²) in [5.41, 5.74) is 0.789. The van der Waals surface area contributed by atoms with Crippen LogP contribution in [0.3, 0.4) is 0 Å². The highest BCUT2D eigenvalue weighted by Gasteiger charge is 2.20. The Balaban J connectivity index is 0.00000280. The summed E-state index contributed by atoms with van der Waals surface area (Å²) in [6, 6.07) is 11.3. The van der Waals surface area contributed by atoms with E-state index in [9.17, 15) is 17.6 Å². The smallest absolute Gasteiger partial charge is 0.261 e. The van der Waals surface area contributed by atoms with Gasteiger partial charge in [-0.15, -0.1) is 12.4 Å². The van der Waals surface area contributed by atoms with Crippen LogP contribution in [-0.4, -0.2) is 33.0 Å². The fourth-order valence-electron chi connectivity index (χ4n) is 3.05. The maximum Gasteiger partial charge on any atom is 0.261 e. The van der Waals surface area contributed by atoms with E-state index in [4.69, 9.17) is 0 Å². The molecule has 1 fully saturated rings. The quantitative estimate of drug-likeness (QED) is 0.684. The molecule has 9 heteroatoms. The Bertz CT molecular complexity index is 905. The Labute approximate surface area is 170 Å². The molecule has 1 heterocycles. The van der Waals surface area contributed by atoms with Crippen LogP contribution in [0.5, 0.6) is 0 Å². The van der Waals surface area contributed by atoms with Crippen molar-refractivity contribution in [2.24, 2.45) is 0 Å². The third-order valence-corrected chi connectivity index (χ3v) is 5.88. The Morgan fingerprint density at radius 2 is 1.75 bits per heavy atom. The van der Waals surface area contributed by atoms with Gasteiger partial charge < -0.3 is 10.6 Å². The highest BCUT2D eigenvalue weighted by Crippen LogP contribution is 2.17. The molecule has 1 amide bonds. The lowest BCUT2D eigenvalue weighted by Gasteiger charge is -2.28. The summed E-state index contributed by atoms with van der Waals surface area (Å²) >= 11 is 0. The van der Waals surface area contributed by atoms with Crippen molar-refractivity contribution in [2.75, 3.05) is 11.3 Å². The van der Waals surface area contributed by atoms with E-state index in [0.29, 0.717) is 17.3 Å². The standard InChI is InChI=1S/C19H22FN3O3S.ClH/c1-13-12-17(10-11-21-13)22-19(24)14-2-6-16(7-3-14)23-27(25,26)18-8-4-15(20)5-9-18;/h2-9,13,17,21,23H,10-12H2,1H3,(H,22,24);1H. The summed E-state index contributed by atoms with van der Waals surface area (Å²) in [7, 11) is -3.82. The first-order chi connectivity index (χ1) is 12.8. The van der Waals surface area contributed by atoms with Crippen LogP contribution < -0.4 is 15.4 Å². The van der Waals surface area contributed by atoms with Crippen molar-refractivity contribution in [1.29, 1.82) is 0 Å². The van der Waals surface area contributed by atoms with E-state index < -0.39 is 15.8 Å². The molecule has 2 aromatic rings. The lowest BCUT2D eigenvalue weighted by Crippen LogP contribution is -2.46. The number of sulfonamides is 1. The molecule has 3 N–H and O–H groups in total. The van der Waals surface area contributed by atoms with Gasteiger partial charge in [0.05, 0.1) is 4.90 Å². The van der Waals surface area contributed by atoms with Crippen LogP contribution in [-0.2, 0) is 10.0 Å². The van der Waals surface area contributed by atoms with Crippen molar-refractivity contribution in [3.8, 4) is 0 Å². The van der Waals surface area contributed by atoms with Crippen LogP contribution in [0.2, 0.25) is 0 Å². The molecule has 0 aliphatic carbocycles. The van der Waals surface area contributed by atoms with Gasteiger partial charge in [-0.25, -0.2) is 12.8 Å². The monoisotopic (exact) mass is 427 g/mol. The van der Waals surface area contributed by atoms with Crippen LogP contribution in [0.1, 0.15) is 30.1 Å². The van der Waals surface area contributed by atoms with E-state index in [0.717, 1.165) is 31.5 Å². The fourth-order valence-corrected chi connectivity index (χ4v) is 4.11. The Kier molecular flexibility index (Phi) is 7.40. The first-order valence-corrected chi connectivity index (χ1v) is 10.2. The molecule has 2 unspecified atom stereocenters. The topological polar surface area (TPSA) is 87.3 Å². The van der Waals surface area contributed by atoms with Crippen LogP contribution >= 0.6 is 12.4 Å². The number of benzene rings is 2. The minimum Gasteiger partial charge on any atom is -0.349 e.